The number of anilines is 1. The van der Waals surface area contributed by atoms with E-state index in [1.165, 1.54) is 22.9 Å². The molecule has 5 rings (SSSR count). The van der Waals surface area contributed by atoms with Crippen LogP contribution in [-0.2, 0) is 27.8 Å². The van der Waals surface area contributed by atoms with Gasteiger partial charge in [0.25, 0.3) is 0 Å². The molecule has 10 heteroatoms. The van der Waals surface area contributed by atoms with Crippen molar-refractivity contribution in [2.75, 3.05) is 11.9 Å². The average Bonchev–Trinajstić information content (AvgIpc) is 3.42. The molecule has 2 aliphatic rings. The van der Waals surface area contributed by atoms with E-state index in [1.54, 1.807) is 12.1 Å². The molecule has 1 saturated heterocycles. The number of carbonyl (C=O) groups excluding carboxylic acids is 1. The number of halogens is 1. The normalized spacial score (nSPS) is 18.9. The molecule has 178 valence electrons. The number of nitrogens with one attached hydrogen (secondary N) is 1. The minimum atomic E-state index is -3.90. The number of fused-ring (bicyclic) bond motifs is 1. The number of nitrogens with zero attached hydrogens (tertiary/aromatic N) is 4. The van der Waals surface area contributed by atoms with E-state index < -0.39 is 21.9 Å². The number of sulfonamides is 1. The lowest BCUT2D eigenvalue weighted by molar-refractivity contribution is -0.119. The number of hydrogen-bond acceptors (Lipinski definition) is 5. The predicted molar refractivity (Wildman–Crippen MR) is 125 cm³/mol. The molecule has 1 N–H and O–H groups in total. The molecule has 1 amide bonds. The zero-order valence-corrected chi connectivity index (χ0v) is 19.5. The van der Waals surface area contributed by atoms with Crippen molar-refractivity contribution < 1.29 is 17.6 Å². The van der Waals surface area contributed by atoms with Crippen LogP contribution in [-0.4, -0.2) is 46.0 Å². The first-order chi connectivity index (χ1) is 16.4. The van der Waals surface area contributed by atoms with Crippen molar-refractivity contribution in [2.24, 2.45) is 0 Å². The van der Waals surface area contributed by atoms with Gasteiger partial charge in [0.2, 0.25) is 15.9 Å². The monoisotopic (exact) mass is 483 g/mol. The molecule has 3 aromatic rings. The summed E-state index contributed by atoms with van der Waals surface area (Å²) in [6.45, 7) is 1.14. The van der Waals surface area contributed by atoms with Gasteiger partial charge in [-0.1, -0.05) is 6.42 Å². The molecule has 2 aromatic carbocycles. The van der Waals surface area contributed by atoms with Gasteiger partial charge in [-0.25, -0.2) is 12.8 Å². The summed E-state index contributed by atoms with van der Waals surface area (Å²) < 4.78 is 42.7. The van der Waals surface area contributed by atoms with E-state index >= 15 is 0 Å². The second kappa shape index (κ2) is 9.27. The third kappa shape index (κ3) is 4.35. The summed E-state index contributed by atoms with van der Waals surface area (Å²) in [5.74, 6) is 0.934. The van der Waals surface area contributed by atoms with E-state index in [2.05, 4.69) is 20.1 Å². The van der Waals surface area contributed by atoms with Crippen LogP contribution in [0.1, 0.15) is 37.9 Å². The Hall–Kier alpha value is -3.11. The van der Waals surface area contributed by atoms with Crippen molar-refractivity contribution in [1.29, 1.82) is 0 Å². The zero-order valence-electron chi connectivity index (χ0n) is 18.7. The highest BCUT2D eigenvalue weighted by Crippen LogP contribution is 2.28. The molecule has 0 radical (unpaired) electrons. The van der Waals surface area contributed by atoms with Gasteiger partial charge in [-0.2, -0.15) is 4.31 Å². The number of amides is 1. The first-order valence-corrected chi connectivity index (χ1v) is 13.0. The molecule has 0 aliphatic carbocycles. The van der Waals surface area contributed by atoms with Crippen LogP contribution >= 0.6 is 0 Å². The van der Waals surface area contributed by atoms with Crippen molar-refractivity contribution in [3.63, 3.8) is 0 Å². The van der Waals surface area contributed by atoms with Crippen molar-refractivity contribution in [2.45, 2.75) is 56.0 Å². The van der Waals surface area contributed by atoms with Gasteiger partial charge in [0.1, 0.15) is 17.7 Å². The predicted octanol–water partition coefficient (Wildman–Crippen LogP) is 3.60. The second-order valence-electron chi connectivity index (χ2n) is 8.70. The van der Waals surface area contributed by atoms with Crippen LogP contribution in [0.5, 0.6) is 0 Å². The number of aromatic nitrogens is 3. The summed E-state index contributed by atoms with van der Waals surface area (Å²) in [7, 11) is -3.90. The first kappa shape index (κ1) is 22.7. The summed E-state index contributed by atoms with van der Waals surface area (Å²) in [6.07, 6.45) is 5.34. The molecule has 1 atom stereocenters. The van der Waals surface area contributed by atoms with Crippen molar-refractivity contribution in [3.8, 4) is 11.4 Å². The molecule has 3 heterocycles. The zero-order chi connectivity index (χ0) is 23.7. The van der Waals surface area contributed by atoms with Crippen molar-refractivity contribution in [3.05, 3.63) is 60.2 Å². The third-order valence-electron chi connectivity index (χ3n) is 6.45. The Morgan fingerprint density at radius 3 is 2.47 bits per heavy atom. The van der Waals surface area contributed by atoms with Gasteiger partial charge < -0.3 is 9.88 Å². The molecule has 0 spiro atoms. The standard InChI is InChI=1S/C24H26FN5O3S/c25-18-9-13-20(14-10-18)34(32,33)30-16-4-5-21(30)24(31)26-19-11-7-17(8-12-19)23-28-27-22-6-2-1-3-15-29(22)23/h7-14,21H,1-6,15-16H2,(H,26,31)/t21-/m1/s1. The topological polar surface area (TPSA) is 97.2 Å². The number of carbonyl (C=O) groups is 1. The molecule has 1 fully saturated rings. The van der Waals surface area contributed by atoms with Crippen molar-refractivity contribution >= 4 is 21.6 Å². The maximum Gasteiger partial charge on any atom is 0.243 e. The maximum absolute atomic E-state index is 13.2. The van der Waals surface area contributed by atoms with E-state index in [4.69, 9.17) is 0 Å². The number of hydrogen-bond donors (Lipinski definition) is 1. The van der Waals surface area contributed by atoms with Gasteiger partial charge in [0, 0.05) is 30.8 Å². The molecular weight excluding hydrogens is 457 g/mol. The highest BCUT2D eigenvalue weighted by molar-refractivity contribution is 7.89. The van der Waals surface area contributed by atoms with Gasteiger partial charge in [-0.3, -0.25) is 4.79 Å². The van der Waals surface area contributed by atoms with E-state index in [9.17, 15) is 17.6 Å². The molecule has 34 heavy (non-hydrogen) atoms. The fraction of sp³-hybridized carbons (Fsp3) is 0.375. The largest absolute Gasteiger partial charge is 0.325 e. The second-order valence-corrected chi connectivity index (χ2v) is 10.6. The summed E-state index contributed by atoms with van der Waals surface area (Å²) in [5.41, 5.74) is 1.50. The van der Waals surface area contributed by atoms with Crippen LogP contribution in [0.4, 0.5) is 10.1 Å². The molecule has 2 aliphatic heterocycles. The fourth-order valence-electron chi connectivity index (χ4n) is 4.66. The van der Waals surface area contributed by atoms with Crippen LogP contribution in [0.3, 0.4) is 0 Å². The quantitative estimate of drug-likeness (QED) is 0.598. The Labute approximate surface area is 197 Å². The van der Waals surface area contributed by atoms with Crippen LogP contribution < -0.4 is 5.32 Å². The van der Waals surface area contributed by atoms with E-state index in [0.29, 0.717) is 18.5 Å². The average molecular weight is 484 g/mol. The summed E-state index contributed by atoms with van der Waals surface area (Å²) >= 11 is 0. The number of benzene rings is 2. The fourth-order valence-corrected chi connectivity index (χ4v) is 6.32. The molecule has 0 unspecified atom stereocenters. The third-order valence-corrected chi connectivity index (χ3v) is 8.37. The Kier molecular flexibility index (Phi) is 6.18. The van der Waals surface area contributed by atoms with Gasteiger partial charge >= 0.3 is 0 Å². The molecule has 1 aromatic heterocycles. The molecule has 8 nitrogen and oxygen atoms in total. The Bertz CT molecular complexity index is 1290. The number of rotatable bonds is 5. The van der Waals surface area contributed by atoms with Gasteiger partial charge in [0.05, 0.1) is 4.90 Å². The van der Waals surface area contributed by atoms with Crippen LogP contribution in [0.15, 0.2) is 53.4 Å². The Balaban J connectivity index is 1.30. The lowest BCUT2D eigenvalue weighted by Crippen LogP contribution is -2.43. The Morgan fingerprint density at radius 2 is 1.71 bits per heavy atom. The minimum absolute atomic E-state index is 0.0228. The van der Waals surface area contributed by atoms with Crippen LogP contribution in [0, 0.1) is 5.82 Å². The van der Waals surface area contributed by atoms with E-state index in [0.717, 1.165) is 55.2 Å². The summed E-state index contributed by atoms with van der Waals surface area (Å²) in [4.78, 5) is 13.0. The number of aryl methyl sites for hydroxylation is 1. The van der Waals surface area contributed by atoms with Gasteiger partial charge in [0.15, 0.2) is 5.82 Å². The lowest BCUT2D eigenvalue weighted by atomic mass is 10.1. The van der Waals surface area contributed by atoms with Crippen LogP contribution in [0.2, 0.25) is 0 Å². The highest BCUT2D eigenvalue weighted by Gasteiger charge is 2.39. The van der Waals surface area contributed by atoms with Crippen molar-refractivity contribution in [1.82, 2.24) is 19.1 Å². The van der Waals surface area contributed by atoms with Gasteiger partial charge in [-0.15, -0.1) is 10.2 Å². The smallest absolute Gasteiger partial charge is 0.243 e. The molecular formula is C24H26FN5O3S. The molecule has 0 saturated carbocycles. The maximum atomic E-state index is 13.2. The Morgan fingerprint density at radius 1 is 0.941 bits per heavy atom. The van der Waals surface area contributed by atoms with Crippen LogP contribution in [0.25, 0.3) is 11.4 Å². The van der Waals surface area contributed by atoms with E-state index in [1.807, 2.05) is 12.1 Å². The first-order valence-electron chi connectivity index (χ1n) is 11.5. The highest BCUT2D eigenvalue weighted by atomic mass is 32.2. The summed E-state index contributed by atoms with van der Waals surface area (Å²) in [6, 6.07) is 11.2. The van der Waals surface area contributed by atoms with Gasteiger partial charge in [-0.05, 0) is 74.2 Å². The lowest BCUT2D eigenvalue weighted by Gasteiger charge is -2.23. The SMILES string of the molecule is O=C(Nc1ccc(-c2nnc3n2CCCCC3)cc1)[C@H]1CCCN1S(=O)(=O)c1ccc(F)cc1. The van der Waals surface area contributed by atoms with E-state index in [-0.39, 0.29) is 17.3 Å². The summed E-state index contributed by atoms with van der Waals surface area (Å²) in [5, 5.41) is 11.5. The minimum Gasteiger partial charge on any atom is -0.325 e. The molecule has 0 bridgehead atoms.